The van der Waals surface area contributed by atoms with Gasteiger partial charge in [-0.2, -0.15) is 0 Å². The van der Waals surface area contributed by atoms with Crippen LogP contribution in [-0.4, -0.2) is 15.8 Å². The highest BCUT2D eigenvalue weighted by Gasteiger charge is 2.40. The van der Waals surface area contributed by atoms with E-state index in [1.807, 2.05) is 0 Å². The third-order valence-corrected chi connectivity index (χ3v) is 10.2. The Hall–Kier alpha value is -6.00. The van der Waals surface area contributed by atoms with E-state index in [9.17, 15) is 0 Å². The molecule has 0 bridgehead atoms. The molecule has 4 heteroatoms. The number of nitrogens with zero attached hydrogens (tertiary/aromatic N) is 2. The molecule has 2 aliphatic rings. The van der Waals surface area contributed by atoms with Crippen molar-refractivity contribution in [3.8, 4) is 34.0 Å². The summed E-state index contributed by atoms with van der Waals surface area (Å²) in [6, 6.07) is 55.1. The van der Waals surface area contributed by atoms with Crippen LogP contribution in [0, 0.1) is 0 Å². The van der Waals surface area contributed by atoms with E-state index in [4.69, 9.17) is 4.74 Å². The van der Waals surface area contributed by atoms with Crippen molar-refractivity contribution in [2.45, 2.75) is 0 Å². The van der Waals surface area contributed by atoms with Crippen molar-refractivity contribution in [2.75, 3.05) is 0 Å². The van der Waals surface area contributed by atoms with Crippen LogP contribution in [0.2, 0.25) is 0 Å². The van der Waals surface area contributed by atoms with Gasteiger partial charge in [-0.25, -0.2) is 0 Å². The topological polar surface area (TPSA) is 19.1 Å². The highest BCUT2D eigenvalue weighted by Crippen LogP contribution is 2.42. The molecule has 0 saturated carbocycles. The monoisotopic (exact) mass is 584 g/mol. The van der Waals surface area contributed by atoms with E-state index in [0.29, 0.717) is 0 Å². The summed E-state index contributed by atoms with van der Waals surface area (Å²) in [5, 5.41) is 5.05. The van der Waals surface area contributed by atoms with E-state index in [2.05, 4.69) is 161 Å². The Bertz CT molecular complexity index is 2720. The van der Waals surface area contributed by atoms with Crippen molar-refractivity contribution in [3.63, 3.8) is 0 Å². The molecule has 0 atom stereocenters. The first kappa shape index (κ1) is 24.3. The normalized spacial score (nSPS) is 12.9. The SMILES string of the molecule is c1ccc(-c2ccc(-n3c4ccccc4c4cc5c6ccc7c8c6n(c5cc43)-c3ccccc3B8c3ccccc3O7)cc2)cc1. The van der Waals surface area contributed by atoms with Crippen molar-refractivity contribution >= 4 is 66.7 Å². The molecule has 11 rings (SSSR count). The molecule has 0 spiro atoms. The fourth-order valence-corrected chi connectivity index (χ4v) is 8.25. The number of ether oxygens (including phenoxy) is 1. The fraction of sp³-hybridized carbons (Fsp3) is 0. The lowest BCUT2D eigenvalue weighted by Crippen LogP contribution is -2.58. The van der Waals surface area contributed by atoms with Crippen LogP contribution in [0.25, 0.3) is 66.1 Å². The Labute approximate surface area is 265 Å². The molecule has 0 N–H and O–H groups in total. The molecule has 9 aromatic rings. The van der Waals surface area contributed by atoms with Crippen LogP contribution in [0.15, 0.2) is 152 Å². The molecule has 212 valence electrons. The zero-order chi connectivity index (χ0) is 29.9. The first-order valence-electron chi connectivity index (χ1n) is 15.9. The lowest BCUT2D eigenvalue weighted by molar-refractivity contribution is 0.488. The number of rotatable bonds is 2. The molecule has 0 amide bonds. The van der Waals surface area contributed by atoms with Gasteiger partial charge in [0.15, 0.2) is 0 Å². The van der Waals surface area contributed by atoms with Gasteiger partial charge in [0.1, 0.15) is 11.5 Å². The Morgan fingerprint density at radius 3 is 2.02 bits per heavy atom. The Morgan fingerprint density at radius 2 is 1.13 bits per heavy atom. The Morgan fingerprint density at radius 1 is 0.435 bits per heavy atom. The molecule has 2 aliphatic heterocycles. The molecule has 0 fully saturated rings. The van der Waals surface area contributed by atoms with E-state index < -0.39 is 0 Å². The lowest BCUT2D eigenvalue weighted by Gasteiger charge is -2.32. The smallest absolute Gasteiger partial charge is 0.256 e. The van der Waals surface area contributed by atoms with Crippen LogP contribution in [0.1, 0.15) is 0 Å². The van der Waals surface area contributed by atoms with E-state index in [-0.39, 0.29) is 6.71 Å². The minimum atomic E-state index is 0.129. The van der Waals surface area contributed by atoms with Gasteiger partial charge in [-0.1, -0.05) is 97.1 Å². The Balaban J connectivity index is 1.24. The predicted octanol–water partition coefficient (Wildman–Crippen LogP) is 8.48. The van der Waals surface area contributed by atoms with Crippen LogP contribution in [0.5, 0.6) is 11.5 Å². The minimum absolute atomic E-state index is 0.129. The predicted molar refractivity (Wildman–Crippen MR) is 192 cm³/mol. The van der Waals surface area contributed by atoms with Crippen LogP contribution in [0.4, 0.5) is 0 Å². The maximum Gasteiger partial charge on any atom is 0.256 e. The van der Waals surface area contributed by atoms with Gasteiger partial charge >= 0.3 is 0 Å². The van der Waals surface area contributed by atoms with E-state index in [0.717, 1.165) is 17.2 Å². The lowest BCUT2D eigenvalue weighted by atomic mass is 9.34. The minimum Gasteiger partial charge on any atom is -0.458 e. The molecule has 2 aromatic heterocycles. The average Bonchev–Trinajstić information content (AvgIpc) is 3.63. The second-order valence-electron chi connectivity index (χ2n) is 12.5. The van der Waals surface area contributed by atoms with Crippen molar-refractivity contribution in [1.29, 1.82) is 0 Å². The van der Waals surface area contributed by atoms with Gasteiger partial charge < -0.3 is 13.9 Å². The van der Waals surface area contributed by atoms with Crippen LogP contribution in [-0.2, 0) is 0 Å². The highest BCUT2D eigenvalue weighted by molar-refractivity contribution is 6.99. The Kier molecular flexibility index (Phi) is 4.66. The molecule has 46 heavy (non-hydrogen) atoms. The molecule has 4 heterocycles. The van der Waals surface area contributed by atoms with Crippen molar-refractivity contribution in [1.82, 2.24) is 9.13 Å². The molecule has 0 unspecified atom stereocenters. The van der Waals surface area contributed by atoms with Gasteiger partial charge in [0.25, 0.3) is 6.71 Å². The number of fused-ring (bicyclic) bond motifs is 11. The van der Waals surface area contributed by atoms with Gasteiger partial charge in [-0.15, -0.1) is 0 Å². The summed E-state index contributed by atoms with van der Waals surface area (Å²) in [5.41, 5.74) is 13.5. The van der Waals surface area contributed by atoms with E-state index >= 15 is 0 Å². The maximum atomic E-state index is 6.58. The first-order valence-corrected chi connectivity index (χ1v) is 15.9. The number of benzene rings is 7. The van der Waals surface area contributed by atoms with Crippen LogP contribution < -0.4 is 21.1 Å². The summed E-state index contributed by atoms with van der Waals surface area (Å²) >= 11 is 0. The standard InChI is InChI=1S/C42H25BN2O/c1-2-10-26(11-3-1)27-18-20-28(21-19-27)44-35-15-7-4-12-29(35)31-24-32-30-22-23-40-41-42(30)45(38(32)25-37(31)44)36-16-8-5-13-33(36)43(41)34-14-6-9-17-39(34)46-40/h1-25H. The van der Waals surface area contributed by atoms with Gasteiger partial charge in [0, 0.05) is 32.9 Å². The molecule has 0 radical (unpaired) electrons. The average molecular weight is 584 g/mol. The summed E-state index contributed by atoms with van der Waals surface area (Å²) in [7, 11) is 0. The second-order valence-corrected chi connectivity index (χ2v) is 12.5. The molecule has 0 saturated heterocycles. The first-order chi connectivity index (χ1) is 22.8. The molecular weight excluding hydrogens is 559 g/mol. The second kappa shape index (κ2) is 8.80. The van der Waals surface area contributed by atoms with E-state index in [1.165, 1.54) is 76.8 Å². The summed E-state index contributed by atoms with van der Waals surface area (Å²) in [6.07, 6.45) is 0. The maximum absolute atomic E-state index is 6.58. The molecular formula is C42H25BN2O. The largest absolute Gasteiger partial charge is 0.458 e. The number of aromatic nitrogens is 2. The summed E-state index contributed by atoms with van der Waals surface area (Å²) in [6.45, 7) is 0.129. The van der Waals surface area contributed by atoms with Gasteiger partial charge in [0.05, 0.1) is 22.1 Å². The van der Waals surface area contributed by atoms with Gasteiger partial charge in [0.2, 0.25) is 0 Å². The van der Waals surface area contributed by atoms with E-state index in [1.54, 1.807) is 0 Å². The fourth-order valence-electron chi connectivity index (χ4n) is 8.25. The third kappa shape index (κ3) is 3.08. The number of hydrogen-bond acceptors (Lipinski definition) is 1. The zero-order valence-corrected chi connectivity index (χ0v) is 24.8. The van der Waals surface area contributed by atoms with Crippen LogP contribution >= 0.6 is 0 Å². The number of hydrogen-bond donors (Lipinski definition) is 0. The summed E-state index contributed by atoms with van der Waals surface area (Å²) < 4.78 is 11.5. The third-order valence-electron chi connectivity index (χ3n) is 10.2. The zero-order valence-electron chi connectivity index (χ0n) is 24.8. The molecule has 7 aromatic carbocycles. The quantitative estimate of drug-likeness (QED) is 0.187. The highest BCUT2D eigenvalue weighted by atomic mass is 16.5. The van der Waals surface area contributed by atoms with Crippen LogP contribution in [0.3, 0.4) is 0 Å². The summed E-state index contributed by atoms with van der Waals surface area (Å²) in [4.78, 5) is 0. The number of para-hydroxylation sites is 3. The van der Waals surface area contributed by atoms with Gasteiger partial charge in [-0.05, 0) is 82.1 Å². The summed E-state index contributed by atoms with van der Waals surface area (Å²) in [5.74, 6) is 1.90. The van der Waals surface area contributed by atoms with Gasteiger partial charge in [-0.3, -0.25) is 0 Å². The van der Waals surface area contributed by atoms with Crippen molar-refractivity contribution in [3.05, 3.63) is 152 Å². The van der Waals surface area contributed by atoms with Crippen molar-refractivity contribution < 1.29 is 4.74 Å². The molecule has 3 nitrogen and oxygen atoms in total. The van der Waals surface area contributed by atoms with Crippen molar-refractivity contribution in [2.24, 2.45) is 0 Å². The molecule has 0 aliphatic carbocycles.